The van der Waals surface area contributed by atoms with Crippen molar-refractivity contribution in [3.05, 3.63) is 36.0 Å². The van der Waals surface area contributed by atoms with E-state index < -0.39 is 0 Å². The number of likely N-dealkylation sites (N-methyl/N-ethyl adjacent to an activating group) is 1. The van der Waals surface area contributed by atoms with Crippen LogP contribution in [0.5, 0.6) is 0 Å². The molecule has 25 heavy (non-hydrogen) atoms. The third kappa shape index (κ3) is 3.03. The van der Waals surface area contributed by atoms with E-state index in [-0.39, 0.29) is 23.8 Å². The van der Waals surface area contributed by atoms with Gasteiger partial charge in [-0.15, -0.1) is 0 Å². The van der Waals surface area contributed by atoms with Crippen LogP contribution in [0.2, 0.25) is 0 Å². The molecule has 2 atom stereocenters. The quantitative estimate of drug-likeness (QED) is 0.931. The van der Waals surface area contributed by atoms with Gasteiger partial charge in [0.2, 0.25) is 11.8 Å². The SMILES string of the molecule is CN1C(=O)[C@@H]2CC[C@H]1CN(C(=O)CCCc1c[nH]c3ccccc13)C2. The van der Waals surface area contributed by atoms with Crippen LogP contribution < -0.4 is 0 Å². The van der Waals surface area contributed by atoms with E-state index in [1.807, 2.05) is 29.0 Å². The second-order valence-electron chi connectivity index (χ2n) is 7.39. The van der Waals surface area contributed by atoms with Gasteiger partial charge in [0.1, 0.15) is 0 Å². The Bertz CT molecular complexity index is 797. The monoisotopic (exact) mass is 339 g/mol. The zero-order valence-corrected chi connectivity index (χ0v) is 14.7. The molecule has 0 spiro atoms. The third-order valence-corrected chi connectivity index (χ3v) is 5.83. The number of carbonyl (C=O) groups is 2. The number of carbonyl (C=O) groups excluding carboxylic acids is 2. The number of nitrogens with zero attached hydrogens (tertiary/aromatic N) is 2. The molecule has 1 N–H and O–H groups in total. The smallest absolute Gasteiger partial charge is 0.227 e. The van der Waals surface area contributed by atoms with Crippen LogP contribution in [0.25, 0.3) is 10.9 Å². The number of H-pyrrole nitrogens is 1. The van der Waals surface area contributed by atoms with Gasteiger partial charge in [0.15, 0.2) is 0 Å². The van der Waals surface area contributed by atoms with E-state index >= 15 is 0 Å². The normalized spacial score (nSPS) is 23.3. The Morgan fingerprint density at radius 3 is 2.96 bits per heavy atom. The number of amides is 2. The van der Waals surface area contributed by atoms with E-state index in [2.05, 4.69) is 23.3 Å². The summed E-state index contributed by atoms with van der Waals surface area (Å²) in [5.41, 5.74) is 2.42. The van der Waals surface area contributed by atoms with Crippen LogP contribution in [0.4, 0.5) is 0 Å². The number of para-hydroxylation sites is 1. The summed E-state index contributed by atoms with van der Waals surface area (Å²) in [7, 11) is 1.88. The van der Waals surface area contributed by atoms with Gasteiger partial charge in [-0.25, -0.2) is 0 Å². The topological polar surface area (TPSA) is 56.4 Å². The first-order chi connectivity index (χ1) is 12.1. The highest BCUT2D eigenvalue weighted by Crippen LogP contribution is 2.28. The molecule has 5 nitrogen and oxygen atoms in total. The predicted octanol–water partition coefficient (Wildman–Crippen LogP) is 2.57. The summed E-state index contributed by atoms with van der Waals surface area (Å²) < 4.78 is 0. The molecular formula is C20H25N3O2. The molecule has 132 valence electrons. The van der Waals surface area contributed by atoms with E-state index in [1.165, 1.54) is 10.9 Å². The van der Waals surface area contributed by atoms with Crippen LogP contribution in [0.3, 0.4) is 0 Å². The third-order valence-electron chi connectivity index (χ3n) is 5.83. The van der Waals surface area contributed by atoms with Crippen molar-refractivity contribution in [2.45, 2.75) is 38.1 Å². The van der Waals surface area contributed by atoms with E-state index in [1.54, 1.807) is 0 Å². The molecule has 2 aromatic rings. The summed E-state index contributed by atoms with van der Waals surface area (Å²) in [6.07, 6.45) is 6.29. The van der Waals surface area contributed by atoms with Gasteiger partial charge in [-0.05, 0) is 37.3 Å². The highest BCUT2D eigenvalue weighted by atomic mass is 16.2. The van der Waals surface area contributed by atoms with E-state index in [4.69, 9.17) is 0 Å². The van der Waals surface area contributed by atoms with Crippen molar-refractivity contribution in [3.8, 4) is 0 Å². The maximum Gasteiger partial charge on any atom is 0.227 e. The largest absolute Gasteiger partial charge is 0.361 e. The number of nitrogens with one attached hydrogen (secondary N) is 1. The zero-order chi connectivity index (χ0) is 17.4. The fourth-order valence-corrected chi connectivity index (χ4v) is 4.29. The lowest BCUT2D eigenvalue weighted by Gasteiger charge is -2.32. The molecule has 1 aromatic carbocycles. The van der Waals surface area contributed by atoms with Crippen LogP contribution in [0, 0.1) is 5.92 Å². The summed E-state index contributed by atoms with van der Waals surface area (Å²) in [4.78, 5) is 32.0. The number of aromatic amines is 1. The summed E-state index contributed by atoms with van der Waals surface area (Å²) in [6.45, 7) is 1.30. The molecule has 5 rings (SSSR count). The maximum atomic E-state index is 12.7. The minimum Gasteiger partial charge on any atom is -0.361 e. The van der Waals surface area contributed by atoms with Crippen molar-refractivity contribution in [2.24, 2.45) is 5.92 Å². The molecule has 0 unspecified atom stereocenters. The zero-order valence-electron chi connectivity index (χ0n) is 14.7. The fraction of sp³-hybridized carbons (Fsp3) is 0.500. The Morgan fingerprint density at radius 2 is 2.08 bits per heavy atom. The Morgan fingerprint density at radius 1 is 1.24 bits per heavy atom. The molecule has 3 aliphatic heterocycles. The van der Waals surface area contributed by atoms with Crippen LogP contribution in [0.15, 0.2) is 30.5 Å². The summed E-state index contributed by atoms with van der Waals surface area (Å²) >= 11 is 0. The minimum absolute atomic E-state index is 0.00122. The molecule has 4 heterocycles. The van der Waals surface area contributed by atoms with Crippen molar-refractivity contribution in [2.75, 3.05) is 20.1 Å². The van der Waals surface area contributed by atoms with E-state index in [0.717, 1.165) is 31.2 Å². The van der Waals surface area contributed by atoms with E-state index in [0.29, 0.717) is 19.5 Å². The molecule has 5 heteroatoms. The Labute approximate surface area is 148 Å². The van der Waals surface area contributed by atoms with Crippen molar-refractivity contribution in [1.82, 2.24) is 14.8 Å². The number of aromatic nitrogens is 1. The molecule has 0 aliphatic carbocycles. The van der Waals surface area contributed by atoms with Gasteiger partial charge in [-0.2, -0.15) is 0 Å². The summed E-state index contributed by atoms with van der Waals surface area (Å²) in [5, 5.41) is 1.25. The number of hydrogen-bond donors (Lipinski definition) is 1. The number of piperidine rings is 1. The molecule has 2 bridgehead atoms. The fourth-order valence-electron chi connectivity index (χ4n) is 4.29. The maximum absolute atomic E-state index is 12.7. The van der Waals surface area contributed by atoms with Gasteiger partial charge >= 0.3 is 0 Å². The summed E-state index contributed by atoms with van der Waals surface area (Å²) in [6, 6.07) is 8.47. The standard InChI is InChI=1S/C20H25N3O2/c1-22-16-10-9-15(20(22)25)12-23(13-16)19(24)8-4-5-14-11-21-18-7-3-2-6-17(14)18/h2-3,6-7,11,15-16,21H,4-5,8-10,12-13H2,1H3/t15-,16+/m1/s1. The average molecular weight is 339 g/mol. The number of benzene rings is 1. The number of fused-ring (bicyclic) bond motifs is 5. The molecule has 0 saturated carbocycles. The molecule has 2 amide bonds. The molecular weight excluding hydrogens is 314 g/mol. The van der Waals surface area contributed by atoms with Gasteiger partial charge in [0, 0.05) is 49.7 Å². The van der Waals surface area contributed by atoms with Crippen LogP contribution in [-0.4, -0.2) is 52.8 Å². The van der Waals surface area contributed by atoms with Gasteiger partial charge in [-0.1, -0.05) is 18.2 Å². The van der Waals surface area contributed by atoms with Gasteiger partial charge < -0.3 is 14.8 Å². The first kappa shape index (κ1) is 16.2. The molecule has 3 saturated heterocycles. The van der Waals surface area contributed by atoms with Gasteiger partial charge in [-0.3, -0.25) is 9.59 Å². The van der Waals surface area contributed by atoms with Gasteiger partial charge in [0.05, 0.1) is 5.92 Å². The Balaban J connectivity index is 1.36. The lowest BCUT2D eigenvalue weighted by Crippen LogP contribution is -2.45. The Hall–Kier alpha value is -2.30. The summed E-state index contributed by atoms with van der Waals surface area (Å²) in [5.74, 6) is 0.409. The number of aryl methyl sites for hydroxylation is 1. The lowest BCUT2D eigenvalue weighted by atomic mass is 9.95. The van der Waals surface area contributed by atoms with Gasteiger partial charge in [0.25, 0.3) is 0 Å². The van der Waals surface area contributed by atoms with Crippen molar-refractivity contribution in [1.29, 1.82) is 0 Å². The predicted molar refractivity (Wildman–Crippen MR) is 97.1 cm³/mol. The second kappa shape index (κ2) is 6.54. The van der Waals surface area contributed by atoms with Crippen LogP contribution in [-0.2, 0) is 16.0 Å². The first-order valence-electron chi connectivity index (χ1n) is 9.23. The number of rotatable bonds is 4. The van der Waals surface area contributed by atoms with Crippen molar-refractivity contribution >= 4 is 22.7 Å². The Kier molecular flexibility index (Phi) is 4.24. The molecule has 3 fully saturated rings. The highest BCUT2D eigenvalue weighted by Gasteiger charge is 2.39. The average Bonchev–Trinajstić information content (AvgIpc) is 2.83. The lowest BCUT2D eigenvalue weighted by molar-refractivity contribution is -0.138. The first-order valence-corrected chi connectivity index (χ1v) is 9.23. The number of hydrogen-bond acceptors (Lipinski definition) is 2. The van der Waals surface area contributed by atoms with E-state index in [9.17, 15) is 9.59 Å². The minimum atomic E-state index is 0.00122. The van der Waals surface area contributed by atoms with Crippen molar-refractivity contribution < 1.29 is 9.59 Å². The van der Waals surface area contributed by atoms with Crippen LogP contribution >= 0.6 is 0 Å². The molecule has 3 aliphatic rings. The molecule has 0 radical (unpaired) electrons. The van der Waals surface area contributed by atoms with Crippen LogP contribution in [0.1, 0.15) is 31.2 Å². The molecule has 1 aromatic heterocycles. The van der Waals surface area contributed by atoms with Crippen molar-refractivity contribution in [3.63, 3.8) is 0 Å². The second-order valence-corrected chi connectivity index (χ2v) is 7.39. The highest BCUT2D eigenvalue weighted by molar-refractivity contribution is 5.84.